The van der Waals surface area contributed by atoms with Crippen molar-refractivity contribution in [2.75, 3.05) is 26.2 Å². The summed E-state index contributed by atoms with van der Waals surface area (Å²) in [5.41, 5.74) is -0.518. The zero-order valence-corrected chi connectivity index (χ0v) is 14.9. The third-order valence-corrected chi connectivity index (χ3v) is 4.85. The molecule has 2 aliphatic heterocycles. The maximum absolute atomic E-state index is 12.9. The maximum Gasteiger partial charge on any atom is 0.410 e. The van der Waals surface area contributed by atoms with E-state index in [0.29, 0.717) is 26.2 Å². The lowest BCUT2D eigenvalue weighted by atomic mass is 9.92. The molecule has 6 nitrogen and oxygen atoms in total. The van der Waals surface area contributed by atoms with Crippen molar-refractivity contribution < 1.29 is 19.1 Å². The average Bonchev–Trinajstić information content (AvgIpc) is 2.97. The molecule has 3 aliphatic rings. The Morgan fingerprint density at radius 3 is 2.67 bits per heavy atom. The Bertz CT molecular complexity index is 526. The van der Waals surface area contributed by atoms with Crippen LogP contribution in [0, 0.1) is 5.92 Å². The molecule has 0 bridgehead atoms. The van der Waals surface area contributed by atoms with Gasteiger partial charge in [0.2, 0.25) is 5.91 Å². The summed E-state index contributed by atoms with van der Waals surface area (Å²) in [5, 5.41) is 0. The average molecular weight is 336 g/mol. The lowest BCUT2D eigenvalue weighted by molar-refractivity contribution is -0.147. The van der Waals surface area contributed by atoms with Crippen molar-refractivity contribution in [1.29, 1.82) is 0 Å². The van der Waals surface area contributed by atoms with Crippen molar-refractivity contribution >= 4 is 12.0 Å². The molecule has 1 aliphatic carbocycles. The van der Waals surface area contributed by atoms with E-state index < -0.39 is 5.60 Å². The van der Waals surface area contributed by atoms with Crippen LogP contribution in [0.3, 0.4) is 0 Å². The van der Waals surface area contributed by atoms with Crippen molar-refractivity contribution in [3.8, 4) is 0 Å². The second kappa shape index (κ2) is 6.75. The molecule has 0 spiro atoms. The van der Waals surface area contributed by atoms with Crippen LogP contribution in [-0.2, 0) is 14.3 Å². The molecule has 3 atom stereocenters. The normalized spacial score (nSPS) is 30.2. The van der Waals surface area contributed by atoms with E-state index in [2.05, 4.69) is 12.2 Å². The smallest absolute Gasteiger partial charge is 0.410 e. The van der Waals surface area contributed by atoms with E-state index in [1.807, 2.05) is 25.7 Å². The molecule has 0 aromatic carbocycles. The number of carbonyl (C=O) groups is 2. The van der Waals surface area contributed by atoms with Gasteiger partial charge in [-0.05, 0) is 40.0 Å². The van der Waals surface area contributed by atoms with E-state index in [9.17, 15) is 9.59 Å². The first-order valence-corrected chi connectivity index (χ1v) is 8.90. The Morgan fingerprint density at radius 2 is 2.00 bits per heavy atom. The third-order valence-electron chi connectivity index (χ3n) is 4.85. The van der Waals surface area contributed by atoms with Crippen molar-refractivity contribution in [2.24, 2.45) is 5.92 Å². The standard InChI is InChI=1S/C18H28N2O4/c1-18(2,3)24-17(22)19-11-14-15(12-19)23-10-9-20(14)16(21)13-7-5-4-6-8-13/h4-5,13-15H,6-12H2,1-3H3/t13-,14-,15+/m1/s1. The molecule has 0 unspecified atom stereocenters. The molecule has 24 heavy (non-hydrogen) atoms. The summed E-state index contributed by atoms with van der Waals surface area (Å²) in [6.07, 6.45) is 6.53. The predicted molar refractivity (Wildman–Crippen MR) is 89.5 cm³/mol. The van der Waals surface area contributed by atoms with Crippen LogP contribution in [0.25, 0.3) is 0 Å². The van der Waals surface area contributed by atoms with Crippen molar-refractivity contribution in [2.45, 2.75) is 57.8 Å². The molecule has 6 heteroatoms. The molecule has 3 rings (SSSR count). The van der Waals surface area contributed by atoms with Gasteiger partial charge in [0.05, 0.1) is 25.3 Å². The van der Waals surface area contributed by atoms with Gasteiger partial charge in [-0.3, -0.25) is 4.79 Å². The monoisotopic (exact) mass is 336 g/mol. The Hall–Kier alpha value is -1.56. The van der Waals surface area contributed by atoms with Crippen molar-refractivity contribution in [3.63, 3.8) is 0 Å². The van der Waals surface area contributed by atoms with Crippen LogP contribution >= 0.6 is 0 Å². The van der Waals surface area contributed by atoms with Crippen LogP contribution in [0.2, 0.25) is 0 Å². The zero-order chi connectivity index (χ0) is 17.3. The Morgan fingerprint density at radius 1 is 1.21 bits per heavy atom. The molecule has 0 N–H and O–H groups in total. The lowest BCUT2D eigenvalue weighted by Crippen LogP contribution is -2.55. The van der Waals surface area contributed by atoms with Gasteiger partial charge >= 0.3 is 6.09 Å². The van der Waals surface area contributed by atoms with Gasteiger partial charge < -0.3 is 19.3 Å². The van der Waals surface area contributed by atoms with Crippen molar-refractivity contribution in [1.82, 2.24) is 9.80 Å². The molecule has 2 heterocycles. The minimum atomic E-state index is -0.518. The van der Waals surface area contributed by atoms with E-state index in [0.717, 1.165) is 19.3 Å². The van der Waals surface area contributed by atoms with Crippen LogP contribution in [-0.4, -0.2) is 65.8 Å². The molecule has 0 saturated carbocycles. The van der Waals surface area contributed by atoms with Crippen LogP contribution in [0.5, 0.6) is 0 Å². The Labute approximate surface area is 143 Å². The number of amides is 2. The van der Waals surface area contributed by atoms with Crippen LogP contribution in [0.4, 0.5) is 4.79 Å². The number of nitrogens with zero attached hydrogens (tertiary/aromatic N) is 2. The molecule has 2 fully saturated rings. The number of hydrogen-bond donors (Lipinski definition) is 0. The fourth-order valence-electron chi connectivity index (χ4n) is 3.69. The van der Waals surface area contributed by atoms with E-state index in [-0.39, 0.29) is 30.1 Å². The van der Waals surface area contributed by atoms with E-state index in [1.165, 1.54) is 0 Å². The number of hydrogen-bond acceptors (Lipinski definition) is 4. The predicted octanol–water partition coefficient (Wildman–Crippen LogP) is 2.19. The number of rotatable bonds is 1. The second-order valence-corrected chi connectivity index (χ2v) is 7.87. The number of fused-ring (bicyclic) bond motifs is 1. The van der Waals surface area contributed by atoms with Gasteiger partial charge in [0.15, 0.2) is 0 Å². The van der Waals surface area contributed by atoms with E-state index in [4.69, 9.17) is 9.47 Å². The highest BCUT2D eigenvalue weighted by molar-refractivity contribution is 5.80. The highest BCUT2D eigenvalue weighted by atomic mass is 16.6. The van der Waals surface area contributed by atoms with Gasteiger partial charge in [0, 0.05) is 19.0 Å². The minimum absolute atomic E-state index is 0.0512. The van der Waals surface area contributed by atoms with Gasteiger partial charge in [0.1, 0.15) is 5.60 Å². The summed E-state index contributed by atoms with van der Waals surface area (Å²) in [5.74, 6) is 0.285. The van der Waals surface area contributed by atoms with E-state index in [1.54, 1.807) is 4.90 Å². The zero-order valence-electron chi connectivity index (χ0n) is 14.9. The third kappa shape index (κ3) is 3.74. The lowest BCUT2D eigenvalue weighted by Gasteiger charge is -2.38. The molecule has 0 aromatic rings. The van der Waals surface area contributed by atoms with Gasteiger partial charge in [-0.25, -0.2) is 4.79 Å². The number of morpholine rings is 1. The molecule has 134 valence electrons. The van der Waals surface area contributed by atoms with Crippen molar-refractivity contribution in [3.05, 3.63) is 12.2 Å². The second-order valence-electron chi connectivity index (χ2n) is 7.87. The highest BCUT2D eigenvalue weighted by Gasteiger charge is 2.45. The number of ether oxygens (including phenoxy) is 2. The fourth-order valence-corrected chi connectivity index (χ4v) is 3.69. The largest absolute Gasteiger partial charge is 0.444 e. The Kier molecular flexibility index (Phi) is 4.85. The number of carbonyl (C=O) groups excluding carboxylic acids is 2. The number of likely N-dealkylation sites (tertiary alicyclic amines) is 1. The Balaban J connectivity index is 1.66. The summed E-state index contributed by atoms with van der Waals surface area (Å²) in [6, 6.07) is -0.0512. The first kappa shape index (κ1) is 17.3. The SMILES string of the molecule is CC(C)(C)OC(=O)N1C[C@@H]2OCCN(C(=O)[C@@H]3CC=CCC3)[C@@H]2C1. The first-order chi connectivity index (χ1) is 11.3. The van der Waals surface area contributed by atoms with Crippen LogP contribution < -0.4 is 0 Å². The molecule has 0 aromatic heterocycles. The van der Waals surface area contributed by atoms with E-state index >= 15 is 0 Å². The van der Waals surface area contributed by atoms with Crippen LogP contribution in [0.15, 0.2) is 12.2 Å². The van der Waals surface area contributed by atoms with Gasteiger partial charge in [-0.15, -0.1) is 0 Å². The molecular formula is C18H28N2O4. The molecule has 2 amide bonds. The van der Waals surface area contributed by atoms with Gasteiger partial charge in [0.25, 0.3) is 0 Å². The van der Waals surface area contributed by atoms with Crippen LogP contribution in [0.1, 0.15) is 40.0 Å². The summed E-state index contributed by atoms with van der Waals surface area (Å²) >= 11 is 0. The number of allylic oxidation sites excluding steroid dienone is 2. The molecule has 2 saturated heterocycles. The van der Waals surface area contributed by atoms with Gasteiger partial charge in [-0.1, -0.05) is 12.2 Å². The summed E-state index contributed by atoms with van der Waals surface area (Å²) in [4.78, 5) is 28.8. The fraction of sp³-hybridized carbons (Fsp3) is 0.778. The first-order valence-electron chi connectivity index (χ1n) is 8.90. The molecular weight excluding hydrogens is 308 g/mol. The van der Waals surface area contributed by atoms with Gasteiger partial charge in [-0.2, -0.15) is 0 Å². The maximum atomic E-state index is 12.9. The molecule has 0 radical (unpaired) electrons. The summed E-state index contributed by atoms with van der Waals surface area (Å²) in [7, 11) is 0. The highest BCUT2D eigenvalue weighted by Crippen LogP contribution is 2.28. The summed E-state index contributed by atoms with van der Waals surface area (Å²) < 4.78 is 11.3. The minimum Gasteiger partial charge on any atom is -0.444 e. The quantitative estimate of drug-likeness (QED) is 0.689. The topological polar surface area (TPSA) is 59.1 Å². The summed E-state index contributed by atoms with van der Waals surface area (Å²) in [6.45, 7) is 7.71.